The van der Waals surface area contributed by atoms with Crippen LogP contribution in [-0.2, 0) is 14.3 Å². The quantitative estimate of drug-likeness (QED) is 0.388. The van der Waals surface area contributed by atoms with Gasteiger partial charge in [-0.15, -0.1) is 0 Å². The zero-order valence-corrected chi connectivity index (χ0v) is 7.87. The standard InChI is InChI=1S/C8H14N2O3/c1-6-5-10(4-3-9-6)7(11)8(12)13-2/h6,9H,3-5H2,1-2H3. The summed E-state index contributed by atoms with van der Waals surface area (Å²) in [6.45, 7) is 3.83. The molecular formula is C8H14N2O3. The molecule has 1 saturated heterocycles. The third-order valence-corrected chi connectivity index (χ3v) is 2.02. The molecule has 0 aromatic rings. The maximum atomic E-state index is 11.3. The molecular weight excluding hydrogens is 172 g/mol. The summed E-state index contributed by atoms with van der Waals surface area (Å²) < 4.78 is 4.35. The molecule has 5 nitrogen and oxygen atoms in total. The molecule has 0 spiro atoms. The van der Waals surface area contributed by atoms with Gasteiger partial charge in [-0.2, -0.15) is 0 Å². The van der Waals surface area contributed by atoms with E-state index in [9.17, 15) is 9.59 Å². The van der Waals surface area contributed by atoms with E-state index in [-0.39, 0.29) is 6.04 Å². The molecule has 1 amide bonds. The Morgan fingerprint density at radius 2 is 2.23 bits per heavy atom. The zero-order chi connectivity index (χ0) is 9.84. The summed E-state index contributed by atoms with van der Waals surface area (Å²) in [6.07, 6.45) is 0. The SMILES string of the molecule is COC(=O)C(=O)N1CCNC(C)C1. The summed E-state index contributed by atoms with van der Waals surface area (Å²) in [6, 6.07) is 0.238. The molecule has 1 aliphatic heterocycles. The highest BCUT2D eigenvalue weighted by molar-refractivity contribution is 6.32. The molecule has 1 fully saturated rings. The first-order chi connectivity index (χ1) is 6.15. The van der Waals surface area contributed by atoms with Crippen molar-refractivity contribution < 1.29 is 14.3 Å². The number of piperazine rings is 1. The summed E-state index contributed by atoms with van der Waals surface area (Å²) in [5, 5.41) is 3.18. The van der Waals surface area contributed by atoms with Crippen molar-refractivity contribution in [2.45, 2.75) is 13.0 Å². The van der Waals surface area contributed by atoms with Gasteiger partial charge in [0.15, 0.2) is 0 Å². The second-order valence-corrected chi connectivity index (χ2v) is 3.10. The number of methoxy groups -OCH3 is 1. The smallest absolute Gasteiger partial charge is 0.396 e. The molecule has 0 aromatic carbocycles. The van der Waals surface area contributed by atoms with Crippen LogP contribution in [0.5, 0.6) is 0 Å². The van der Waals surface area contributed by atoms with Gasteiger partial charge in [-0.1, -0.05) is 0 Å². The van der Waals surface area contributed by atoms with E-state index in [0.717, 1.165) is 6.54 Å². The Labute approximate surface area is 77.0 Å². The molecule has 1 unspecified atom stereocenters. The van der Waals surface area contributed by atoms with Gasteiger partial charge in [-0.3, -0.25) is 4.79 Å². The van der Waals surface area contributed by atoms with E-state index >= 15 is 0 Å². The second-order valence-electron chi connectivity index (χ2n) is 3.10. The third kappa shape index (κ3) is 2.42. The molecule has 1 heterocycles. The van der Waals surface area contributed by atoms with E-state index in [1.165, 1.54) is 12.0 Å². The van der Waals surface area contributed by atoms with Gasteiger partial charge in [0.25, 0.3) is 0 Å². The molecule has 0 radical (unpaired) electrons. The van der Waals surface area contributed by atoms with Crippen molar-refractivity contribution in [2.24, 2.45) is 0 Å². The first-order valence-corrected chi connectivity index (χ1v) is 4.25. The van der Waals surface area contributed by atoms with Crippen LogP contribution in [-0.4, -0.2) is 49.6 Å². The van der Waals surface area contributed by atoms with Crippen LogP contribution in [0.2, 0.25) is 0 Å². The number of hydrogen-bond donors (Lipinski definition) is 1. The number of nitrogens with one attached hydrogen (secondary N) is 1. The van der Waals surface area contributed by atoms with Crippen molar-refractivity contribution in [3.05, 3.63) is 0 Å². The normalized spacial score (nSPS) is 22.6. The van der Waals surface area contributed by atoms with Crippen molar-refractivity contribution in [3.63, 3.8) is 0 Å². The van der Waals surface area contributed by atoms with Crippen LogP contribution in [0, 0.1) is 0 Å². The molecule has 1 atom stereocenters. The molecule has 1 rings (SSSR count). The molecule has 0 aromatic heterocycles. The van der Waals surface area contributed by atoms with E-state index in [1.54, 1.807) is 0 Å². The Morgan fingerprint density at radius 3 is 2.77 bits per heavy atom. The van der Waals surface area contributed by atoms with Crippen molar-refractivity contribution in [1.82, 2.24) is 10.2 Å². The molecule has 1 aliphatic rings. The highest BCUT2D eigenvalue weighted by Gasteiger charge is 2.25. The van der Waals surface area contributed by atoms with Gasteiger partial charge in [0, 0.05) is 25.7 Å². The summed E-state index contributed by atoms with van der Waals surface area (Å²) in [5.41, 5.74) is 0. The van der Waals surface area contributed by atoms with Gasteiger partial charge in [0.2, 0.25) is 0 Å². The van der Waals surface area contributed by atoms with Crippen molar-refractivity contribution in [1.29, 1.82) is 0 Å². The largest absolute Gasteiger partial charge is 0.462 e. The van der Waals surface area contributed by atoms with Crippen LogP contribution < -0.4 is 5.32 Å². The highest BCUT2D eigenvalue weighted by Crippen LogP contribution is 1.99. The minimum absolute atomic E-state index is 0.238. The molecule has 1 N–H and O–H groups in total. The van der Waals surface area contributed by atoms with E-state index < -0.39 is 11.9 Å². The van der Waals surface area contributed by atoms with Crippen LogP contribution in [0.3, 0.4) is 0 Å². The lowest BCUT2D eigenvalue weighted by molar-refractivity contribution is -0.158. The fourth-order valence-corrected chi connectivity index (χ4v) is 1.33. The minimum Gasteiger partial charge on any atom is -0.462 e. The van der Waals surface area contributed by atoms with Crippen LogP contribution in [0.25, 0.3) is 0 Å². The molecule has 5 heteroatoms. The van der Waals surface area contributed by atoms with Crippen molar-refractivity contribution >= 4 is 11.9 Å². The van der Waals surface area contributed by atoms with Crippen LogP contribution in [0.4, 0.5) is 0 Å². The van der Waals surface area contributed by atoms with E-state index in [2.05, 4.69) is 10.1 Å². The molecule has 0 saturated carbocycles. The van der Waals surface area contributed by atoms with Gasteiger partial charge in [-0.25, -0.2) is 4.79 Å². The van der Waals surface area contributed by atoms with Crippen molar-refractivity contribution in [3.8, 4) is 0 Å². The summed E-state index contributed by atoms with van der Waals surface area (Å²) >= 11 is 0. The fourth-order valence-electron chi connectivity index (χ4n) is 1.33. The number of rotatable bonds is 0. The van der Waals surface area contributed by atoms with Gasteiger partial charge >= 0.3 is 11.9 Å². The average molecular weight is 186 g/mol. The highest BCUT2D eigenvalue weighted by atomic mass is 16.5. The Kier molecular flexibility index (Phi) is 3.25. The Hall–Kier alpha value is -1.10. The van der Waals surface area contributed by atoms with Gasteiger partial charge in [-0.05, 0) is 6.92 Å². The number of carbonyl (C=O) groups is 2. The monoisotopic (exact) mass is 186 g/mol. The summed E-state index contributed by atoms with van der Waals surface area (Å²) in [4.78, 5) is 23.7. The number of nitrogens with zero attached hydrogens (tertiary/aromatic N) is 1. The molecule has 74 valence electrons. The summed E-state index contributed by atoms with van der Waals surface area (Å²) in [7, 11) is 1.21. The fraction of sp³-hybridized carbons (Fsp3) is 0.750. The van der Waals surface area contributed by atoms with Gasteiger partial charge in [0.05, 0.1) is 7.11 Å². The lowest BCUT2D eigenvalue weighted by Gasteiger charge is -2.30. The lowest BCUT2D eigenvalue weighted by Crippen LogP contribution is -2.53. The topological polar surface area (TPSA) is 58.6 Å². The van der Waals surface area contributed by atoms with Crippen LogP contribution >= 0.6 is 0 Å². The van der Waals surface area contributed by atoms with E-state index in [1.807, 2.05) is 6.92 Å². The number of carbonyl (C=O) groups excluding carboxylic acids is 2. The Balaban J connectivity index is 2.51. The van der Waals surface area contributed by atoms with Crippen molar-refractivity contribution in [2.75, 3.05) is 26.7 Å². The number of amides is 1. The van der Waals surface area contributed by atoms with Crippen LogP contribution in [0.1, 0.15) is 6.92 Å². The first-order valence-electron chi connectivity index (χ1n) is 4.25. The third-order valence-electron chi connectivity index (χ3n) is 2.02. The second kappa shape index (κ2) is 4.23. The predicted molar refractivity (Wildman–Crippen MR) is 46.1 cm³/mol. The first kappa shape index (κ1) is 9.98. The Morgan fingerprint density at radius 1 is 1.54 bits per heavy atom. The van der Waals surface area contributed by atoms with E-state index in [4.69, 9.17) is 0 Å². The molecule has 13 heavy (non-hydrogen) atoms. The van der Waals surface area contributed by atoms with Crippen LogP contribution in [0.15, 0.2) is 0 Å². The molecule has 0 bridgehead atoms. The Bertz CT molecular complexity index is 217. The maximum absolute atomic E-state index is 11.3. The summed E-state index contributed by atoms with van der Waals surface area (Å²) in [5.74, 6) is -1.33. The number of hydrogen-bond acceptors (Lipinski definition) is 4. The maximum Gasteiger partial charge on any atom is 0.396 e. The van der Waals surface area contributed by atoms with Gasteiger partial charge < -0.3 is 15.0 Å². The predicted octanol–water partition coefficient (Wildman–Crippen LogP) is -1.02. The minimum atomic E-state index is -0.783. The lowest BCUT2D eigenvalue weighted by atomic mass is 10.2. The number of esters is 1. The van der Waals surface area contributed by atoms with Gasteiger partial charge in [0.1, 0.15) is 0 Å². The number of ether oxygens (including phenoxy) is 1. The van der Waals surface area contributed by atoms with E-state index in [0.29, 0.717) is 13.1 Å². The zero-order valence-electron chi connectivity index (χ0n) is 7.87. The average Bonchev–Trinajstić information content (AvgIpc) is 2.15. The molecule has 0 aliphatic carbocycles.